The van der Waals surface area contributed by atoms with Crippen LogP contribution in [-0.2, 0) is 7.05 Å². The molecule has 0 aliphatic carbocycles. The molecule has 0 amide bonds. The molecule has 0 saturated carbocycles. The van der Waals surface area contributed by atoms with Gasteiger partial charge in [0.1, 0.15) is 18.5 Å². The normalized spacial score (nSPS) is 10.8. The standard InChI is InChI=1S/C13H20N6O/c1-5-6-14-11-10(9(2)3)12(16-7-15-11)20-13-17-8-19(4)18-13/h7-9H,5-6H2,1-4H3,(H,14,15,16). The summed E-state index contributed by atoms with van der Waals surface area (Å²) in [6.07, 6.45) is 4.10. The molecule has 0 spiro atoms. The zero-order chi connectivity index (χ0) is 14.5. The summed E-state index contributed by atoms with van der Waals surface area (Å²) in [5.74, 6) is 1.54. The minimum Gasteiger partial charge on any atom is -0.404 e. The first kappa shape index (κ1) is 14.2. The molecule has 0 saturated heterocycles. The number of nitrogens with one attached hydrogen (secondary N) is 1. The van der Waals surface area contributed by atoms with Crippen LogP contribution in [0.1, 0.15) is 38.7 Å². The Morgan fingerprint density at radius 1 is 1.30 bits per heavy atom. The first-order valence-electron chi connectivity index (χ1n) is 6.74. The van der Waals surface area contributed by atoms with Crippen LogP contribution in [0.3, 0.4) is 0 Å². The van der Waals surface area contributed by atoms with Gasteiger partial charge in [-0.1, -0.05) is 20.8 Å². The Labute approximate surface area is 118 Å². The fourth-order valence-electron chi connectivity index (χ4n) is 1.82. The van der Waals surface area contributed by atoms with Crippen LogP contribution in [0.4, 0.5) is 5.82 Å². The molecule has 0 unspecified atom stereocenters. The lowest BCUT2D eigenvalue weighted by molar-refractivity contribution is 0.414. The minimum atomic E-state index is 0.231. The molecule has 2 heterocycles. The summed E-state index contributed by atoms with van der Waals surface area (Å²) in [6.45, 7) is 7.12. The number of nitrogens with zero attached hydrogens (tertiary/aromatic N) is 5. The second-order valence-corrected chi connectivity index (χ2v) is 4.83. The van der Waals surface area contributed by atoms with Crippen molar-refractivity contribution in [1.82, 2.24) is 24.7 Å². The molecule has 0 fully saturated rings. The van der Waals surface area contributed by atoms with E-state index in [9.17, 15) is 0 Å². The van der Waals surface area contributed by atoms with E-state index in [0.29, 0.717) is 5.88 Å². The highest BCUT2D eigenvalue weighted by Crippen LogP contribution is 2.31. The highest BCUT2D eigenvalue weighted by Gasteiger charge is 2.17. The van der Waals surface area contributed by atoms with Gasteiger partial charge >= 0.3 is 6.01 Å². The summed E-state index contributed by atoms with van der Waals surface area (Å²) in [5, 5.41) is 7.40. The molecule has 0 radical (unpaired) electrons. The number of aryl methyl sites for hydroxylation is 1. The van der Waals surface area contributed by atoms with Crippen molar-refractivity contribution in [3.8, 4) is 11.9 Å². The van der Waals surface area contributed by atoms with Crippen molar-refractivity contribution >= 4 is 5.82 Å². The van der Waals surface area contributed by atoms with Gasteiger partial charge in [0.15, 0.2) is 0 Å². The van der Waals surface area contributed by atoms with Gasteiger partial charge in [-0.25, -0.2) is 9.97 Å². The van der Waals surface area contributed by atoms with E-state index in [1.165, 1.54) is 6.33 Å². The van der Waals surface area contributed by atoms with Crippen LogP contribution in [0, 0.1) is 0 Å². The van der Waals surface area contributed by atoms with Gasteiger partial charge in [0, 0.05) is 13.6 Å². The molecule has 7 heteroatoms. The van der Waals surface area contributed by atoms with Gasteiger partial charge in [-0.2, -0.15) is 4.98 Å². The zero-order valence-electron chi connectivity index (χ0n) is 12.3. The van der Waals surface area contributed by atoms with E-state index in [0.717, 1.165) is 24.3 Å². The Kier molecular flexibility index (Phi) is 4.49. The third-order valence-corrected chi connectivity index (χ3v) is 2.73. The molecule has 20 heavy (non-hydrogen) atoms. The van der Waals surface area contributed by atoms with E-state index >= 15 is 0 Å². The summed E-state index contributed by atoms with van der Waals surface area (Å²) < 4.78 is 7.26. The first-order valence-corrected chi connectivity index (χ1v) is 6.74. The number of anilines is 1. The average Bonchev–Trinajstić information content (AvgIpc) is 2.81. The van der Waals surface area contributed by atoms with E-state index in [4.69, 9.17) is 4.74 Å². The Hall–Kier alpha value is -2.18. The van der Waals surface area contributed by atoms with Crippen molar-refractivity contribution in [2.45, 2.75) is 33.1 Å². The van der Waals surface area contributed by atoms with Gasteiger partial charge in [-0.05, 0) is 12.3 Å². The summed E-state index contributed by atoms with van der Waals surface area (Å²) >= 11 is 0. The molecule has 7 nitrogen and oxygen atoms in total. The Balaban J connectivity index is 2.31. The quantitative estimate of drug-likeness (QED) is 0.872. The topological polar surface area (TPSA) is 77.8 Å². The van der Waals surface area contributed by atoms with Gasteiger partial charge < -0.3 is 10.1 Å². The van der Waals surface area contributed by atoms with Crippen LogP contribution < -0.4 is 10.1 Å². The second kappa shape index (κ2) is 6.31. The maximum atomic E-state index is 5.68. The summed E-state index contributed by atoms with van der Waals surface area (Å²) in [6, 6.07) is 0.287. The maximum absolute atomic E-state index is 5.68. The fraction of sp³-hybridized carbons (Fsp3) is 0.538. The van der Waals surface area contributed by atoms with Crippen LogP contribution in [-0.4, -0.2) is 31.3 Å². The van der Waals surface area contributed by atoms with E-state index in [2.05, 4.69) is 46.1 Å². The predicted octanol–water partition coefficient (Wildman–Crippen LogP) is 2.34. The van der Waals surface area contributed by atoms with Crippen LogP contribution in [0.25, 0.3) is 0 Å². The summed E-state index contributed by atoms with van der Waals surface area (Å²) in [4.78, 5) is 12.6. The molecular weight excluding hydrogens is 256 g/mol. The SMILES string of the molecule is CCCNc1ncnc(Oc2ncn(C)n2)c1C(C)C. The predicted molar refractivity (Wildman–Crippen MR) is 76.0 cm³/mol. The summed E-state index contributed by atoms with van der Waals surface area (Å²) in [7, 11) is 1.79. The van der Waals surface area contributed by atoms with Gasteiger partial charge in [0.2, 0.25) is 5.88 Å². The lowest BCUT2D eigenvalue weighted by atomic mass is 10.1. The molecule has 1 N–H and O–H groups in total. The van der Waals surface area contributed by atoms with Crippen molar-refractivity contribution in [2.24, 2.45) is 7.05 Å². The van der Waals surface area contributed by atoms with Gasteiger partial charge in [-0.3, -0.25) is 4.68 Å². The van der Waals surface area contributed by atoms with Crippen LogP contribution in [0.2, 0.25) is 0 Å². The smallest absolute Gasteiger partial charge is 0.342 e. The molecule has 108 valence electrons. The van der Waals surface area contributed by atoms with Gasteiger partial charge in [-0.15, -0.1) is 5.10 Å². The number of ether oxygens (including phenoxy) is 1. The number of rotatable bonds is 6. The van der Waals surface area contributed by atoms with Crippen LogP contribution in [0.15, 0.2) is 12.7 Å². The molecule has 2 rings (SSSR count). The Morgan fingerprint density at radius 2 is 2.10 bits per heavy atom. The van der Waals surface area contributed by atoms with E-state index in [-0.39, 0.29) is 11.9 Å². The van der Waals surface area contributed by atoms with Gasteiger partial charge in [0.05, 0.1) is 5.56 Å². The number of aromatic nitrogens is 5. The molecular formula is C13H20N6O. The molecule has 0 aromatic carbocycles. The average molecular weight is 276 g/mol. The maximum Gasteiger partial charge on any atom is 0.342 e. The van der Waals surface area contributed by atoms with E-state index < -0.39 is 0 Å². The second-order valence-electron chi connectivity index (χ2n) is 4.83. The third-order valence-electron chi connectivity index (χ3n) is 2.73. The van der Waals surface area contributed by atoms with Crippen molar-refractivity contribution in [2.75, 3.05) is 11.9 Å². The van der Waals surface area contributed by atoms with E-state index in [1.54, 1.807) is 18.1 Å². The Morgan fingerprint density at radius 3 is 2.70 bits per heavy atom. The number of hydrogen-bond acceptors (Lipinski definition) is 6. The first-order chi connectivity index (χ1) is 9.61. The van der Waals surface area contributed by atoms with Crippen molar-refractivity contribution in [3.05, 3.63) is 18.2 Å². The molecule has 2 aromatic heterocycles. The minimum absolute atomic E-state index is 0.231. The highest BCUT2D eigenvalue weighted by molar-refractivity contribution is 5.51. The van der Waals surface area contributed by atoms with Crippen molar-refractivity contribution in [3.63, 3.8) is 0 Å². The van der Waals surface area contributed by atoms with Crippen molar-refractivity contribution < 1.29 is 4.74 Å². The molecule has 0 aliphatic heterocycles. The molecule has 2 aromatic rings. The number of hydrogen-bond donors (Lipinski definition) is 1. The third kappa shape index (κ3) is 3.23. The highest BCUT2D eigenvalue weighted by atomic mass is 16.5. The fourth-order valence-corrected chi connectivity index (χ4v) is 1.82. The lowest BCUT2D eigenvalue weighted by Crippen LogP contribution is -2.09. The zero-order valence-corrected chi connectivity index (χ0v) is 12.3. The molecule has 0 aliphatic rings. The van der Waals surface area contributed by atoms with Crippen LogP contribution in [0.5, 0.6) is 11.9 Å². The van der Waals surface area contributed by atoms with Crippen LogP contribution >= 0.6 is 0 Å². The molecule has 0 atom stereocenters. The Bertz CT molecular complexity index is 566. The van der Waals surface area contributed by atoms with Gasteiger partial charge in [0.25, 0.3) is 0 Å². The monoisotopic (exact) mass is 276 g/mol. The van der Waals surface area contributed by atoms with E-state index in [1.807, 2.05) is 0 Å². The largest absolute Gasteiger partial charge is 0.404 e. The molecule has 0 bridgehead atoms. The summed E-state index contributed by atoms with van der Waals surface area (Å²) in [5.41, 5.74) is 0.938. The van der Waals surface area contributed by atoms with Crippen molar-refractivity contribution in [1.29, 1.82) is 0 Å². The lowest BCUT2D eigenvalue weighted by Gasteiger charge is -2.15.